The molecule has 0 amide bonds. The average Bonchev–Trinajstić information content (AvgIpc) is 2.94. The number of hydrogen-bond acceptors (Lipinski definition) is 1. The van der Waals surface area contributed by atoms with Gasteiger partial charge in [0, 0.05) is 37.7 Å². The van der Waals surface area contributed by atoms with E-state index in [0.29, 0.717) is 5.69 Å². The minimum absolute atomic E-state index is 0.632. The summed E-state index contributed by atoms with van der Waals surface area (Å²) < 4.78 is 4.09. The SMILES string of the molecule is [C-]#[N+]c1cc(-c2cncn2C)c(C)c(-[n+]2ccccc2C)c1. The summed E-state index contributed by atoms with van der Waals surface area (Å²) in [5, 5.41) is 0. The Kier molecular flexibility index (Phi) is 3.48. The molecule has 0 spiro atoms. The highest BCUT2D eigenvalue weighted by Gasteiger charge is 2.19. The number of nitrogens with zero attached hydrogens (tertiary/aromatic N) is 4. The maximum absolute atomic E-state index is 7.40. The molecule has 0 saturated heterocycles. The van der Waals surface area contributed by atoms with Crippen LogP contribution in [0.4, 0.5) is 5.69 Å². The molecule has 4 heteroatoms. The molecule has 4 nitrogen and oxygen atoms in total. The Bertz CT molecular complexity index is 884. The first-order valence-corrected chi connectivity index (χ1v) is 7.08. The molecule has 0 bridgehead atoms. The van der Waals surface area contributed by atoms with Gasteiger partial charge in [0.25, 0.3) is 0 Å². The lowest BCUT2D eigenvalue weighted by Crippen LogP contribution is -2.34. The van der Waals surface area contributed by atoms with Crippen molar-refractivity contribution in [1.29, 1.82) is 0 Å². The topological polar surface area (TPSA) is 26.1 Å². The second-order valence-electron chi connectivity index (χ2n) is 5.35. The van der Waals surface area contributed by atoms with Gasteiger partial charge in [0.15, 0.2) is 17.6 Å². The average molecular weight is 289 g/mol. The molecule has 1 aromatic carbocycles. The maximum atomic E-state index is 7.40. The first-order valence-electron chi connectivity index (χ1n) is 7.08. The Hall–Kier alpha value is -2.93. The molecular formula is C18H17N4+. The van der Waals surface area contributed by atoms with Crippen molar-refractivity contribution >= 4 is 5.69 Å². The van der Waals surface area contributed by atoms with Crippen molar-refractivity contribution in [3.05, 3.63) is 71.7 Å². The van der Waals surface area contributed by atoms with Gasteiger partial charge >= 0.3 is 0 Å². The zero-order valence-corrected chi connectivity index (χ0v) is 12.9. The second-order valence-corrected chi connectivity index (χ2v) is 5.35. The van der Waals surface area contributed by atoms with Gasteiger partial charge < -0.3 is 4.57 Å². The molecule has 2 aromatic heterocycles. The van der Waals surface area contributed by atoms with Crippen molar-refractivity contribution in [2.45, 2.75) is 13.8 Å². The van der Waals surface area contributed by atoms with Gasteiger partial charge in [-0.3, -0.25) is 0 Å². The zero-order valence-electron chi connectivity index (χ0n) is 12.9. The van der Waals surface area contributed by atoms with Crippen LogP contribution >= 0.6 is 0 Å². The Labute approximate surface area is 130 Å². The van der Waals surface area contributed by atoms with Crippen molar-refractivity contribution < 1.29 is 4.57 Å². The molecule has 108 valence electrons. The molecule has 0 aliphatic rings. The van der Waals surface area contributed by atoms with E-state index in [2.05, 4.69) is 34.3 Å². The standard InChI is InChI=1S/C18H17N4/c1-13-7-5-6-8-22(13)17-10-15(19-3)9-16(14(17)2)18-11-20-12-21(18)4/h5-12H,1-2,4H3/q+1. The summed E-state index contributed by atoms with van der Waals surface area (Å²) in [6, 6.07) is 9.95. The molecular weight excluding hydrogens is 272 g/mol. The van der Waals surface area contributed by atoms with E-state index in [9.17, 15) is 0 Å². The molecule has 0 N–H and O–H groups in total. The molecule has 0 aliphatic heterocycles. The summed E-state index contributed by atoms with van der Waals surface area (Å²) in [6.45, 7) is 11.5. The fourth-order valence-corrected chi connectivity index (χ4v) is 2.68. The number of benzene rings is 1. The third kappa shape index (κ3) is 2.27. The highest BCUT2D eigenvalue weighted by atomic mass is 15.0. The van der Waals surface area contributed by atoms with Gasteiger partial charge in [-0.15, -0.1) is 0 Å². The van der Waals surface area contributed by atoms with E-state index in [-0.39, 0.29) is 0 Å². The smallest absolute Gasteiger partial charge is 0.204 e. The first kappa shape index (κ1) is 14.0. The summed E-state index contributed by atoms with van der Waals surface area (Å²) >= 11 is 0. The summed E-state index contributed by atoms with van der Waals surface area (Å²) in [7, 11) is 1.97. The van der Waals surface area contributed by atoms with Gasteiger partial charge in [-0.2, -0.15) is 4.57 Å². The molecule has 0 unspecified atom stereocenters. The van der Waals surface area contributed by atoms with Gasteiger partial charge in [0.1, 0.15) is 0 Å². The predicted octanol–water partition coefficient (Wildman–Crippen LogP) is 3.53. The van der Waals surface area contributed by atoms with E-state index in [1.165, 1.54) is 0 Å². The molecule has 0 saturated carbocycles. The molecule has 3 rings (SSSR count). The largest absolute Gasteiger partial charge is 0.334 e. The highest BCUT2D eigenvalue weighted by molar-refractivity contribution is 5.73. The molecule has 0 fully saturated rings. The van der Waals surface area contributed by atoms with Crippen LogP contribution in [-0.2, 0) is 7.05 Å². The van der Waals surface area contributed by atoms with Gasteiger partial charge in [0.05, 0.1) is 24.8 Å². The Morgan fingerprint density at radius 2 is 2.05 bits per heavy atom. The van der Waals surface area contributed by atoms with E-state index >= 15 is 0 Å². The lowest BCUT2D eigenvalue weighted by Gasteiger charge is -2.10. The number of pyridine rings is 1. The Morgan fingerprint density at radius 3 is 2.68 bits per heavy atom. The van der Waals surface area contributed by atoms with Gasteiger partial charge in [-0.1, -0.05) is 6.07 Å². The van der Waals surface area contributed by atoms with Crippen LogP contribution < -0.4 is 4.57 Å². The third-order valence-corrected chi connectivity index (χ3v) is 3.91. The predicted molar refractivity (Wildman–Crippen MR) is 85.9 cm³/mol. The van der Waals surface area contributed by atoms with Gasteiger partial charge in [-0.25, -0.2) is 9.83 Å². The summed E-state index contributed by atoms with van der Waals surface area (Å²) in [6.07, 6.45) is 5.64. The normalized spacial score (nSPS) is 10.5. The van der Waals surface area contributed by atoms with Gasteiger partial charge in [0.2, 0.25) is 5.69 Å². The van der Waals surface area contributed by atoms with Crippen molar-refractivity contribution in [3.8, 4) is 16.9 Å². The van der Waals surface area contributed by atoms with Gasteiger partial charge in [-0.05, 0) is 18.6 Å². The molecule has 22 heavy (non-hydrogen) atoms. The molecule has 0 atom stereocenters. The molecule has 0 aliphatic carbocycles. The number of hydrogen-bond donors (Lipinski definition) is 0. The maximum Gasteiger partial charge on any atom is 0.204 e. The van der Waals surface area contributed by atoms with Crippen molar-refractivity contribution in [3.63, 3.8) is 0 Å². The third-order valence-electron chi connectivity index (χ3n) is 3.91. The monoisotopic (exact) mass is 289 g/mol. The van der Waals surface area contributed by atoms with Crippen molar-refractivity contribution in [2.24, 2.45) is 7.05 Å². The lowest BCUT2D eigenvalue weighted by molar-refractivity contribution is -0.603. The fourth-order valence-electron chi connectivity index (χ4n) is 2.68. The van der Waals surface area contributed by atoms with Crippen LogP contribution in [0.1, 0.15) is 11.3 Å². The van der Waals surface area contributed by atoms with E-state index in [4.69, 9.17) is 6.57 Å². The van der Waals surface area contributed by atoms with Crippen LogP contribution in [-0.4, -0.2) is 9.55 Å². The van der Waals surface area contributed by atoms with E-state index < -0.39 is 0 Å². The van der Waals surface area contributed by atoms with Crippen LogP contribution in [0.15, 0.2) is 49.1 Å². The summed E-state index contributed by atoms with van der Waals surface area (Å²) in [5.74, 6) is 0. The molecule has 0 radical (unpaired) electrons. The minimum atomic E-state index is 0.632. The molecule has 3 aromatic rings. The number of aromatic nitrogens is 3. The van der Waals surface area contributed by atoms with Crippen LogP contribution in [0.5, 0.6) is 0 Å². The van der Waals surface area contributed by atoms with E-state index in [0.717, 1.165) is 28.2 Å². The quantitative estimate of drug-likeness (QED) is 0.523. The summed E-state index contributed by atoms with van der Waals surface area (Å²) in [5.41, 5.74) is 5.98. The number of aryl methyl sites for hydroxylation is 2. The number of imidazole rings is 1. The van der Waals surface area contributed by atoms with E-state index in [1.54, 1.807) is 6.33 Å². The van der Waals surface area contributed by atoms with Crippen LogP contribution in [0.3, 0.4) is 0 Å². The zero-order chi connectivity index (χ0) is 15.7. The Balaban J connectivity index is 2.31. The number of rotatable bonds is 2. The van der Waals surface area contributed by atoms with Crippen LogP contribution in [0, 0.1) is 20.4 Å². The second kappa shape index (κ2) is 5.45. The lowest BCUT2D eigenvalue weighted by atomic mass is 10.0. The fraction of sp³-hybridized carbons (Fsp3) is 0.167. The van der Waals surface area contributed by atoms with Crippen molar-refractivity contribution in [2.75, 3.05) is 0 Å². The highest BCUT2D eigenvalue weighted by Crippen LogP contribution is 2.30. The van der Waals surface area contributed by atoms with E-state index in [1.807, 2.05) is 48.3 Å². The first-order chi connectivity index (χ1) is 10.6. The van der Waals surface area contributed by atoms with Crippen LogP contribution in [0.25, 0.3) is 21.8 Å². The summed E-state index contributed by atoms with van der Waals surface area (Å²) in [4.78, 5) is 7.83. The minimum Gasteiger partial charge on any atom is -0.334 e. The Morgan fingerprint density at radius 1 is 1.23 bits per heavy atom. The van der Waals surface area contributed by atoms with Crippen molar-refractivity contribution in [1.82, 2.24) is 9.55 Å². The van der Waals surface area contributed by atoms with Crippen LogP contribution in [0.2, 0.25) is 0 Å². The molecule has 2 heterocycles.